The first-order valence-electron chi connectivity index (χ1n) is 10.7. The molecule has 4 rings (SSSR count). The number of aryl methyl sites for hydroxylation is 1. The van der Waals surface area contributed by atoms with Crippen LogP contribution in [0.3, 0.4) is 0 Å². The number of hydrogen-bond acceptors (Lipinski definition) is 8. The first-order chi connectivity index (χ1) is 15.8. The maximum absolute atomic E-state index is 12.4. The van der Waals surface area contributed by atoms with E-state index < -0.39 is 34.5 Å². The van der Waals surface area contributed by atoms with Gasteiger partial charge in [0.1, 0.15) is 5.00 Å². The lowest BCUT2D eigenvalue weighted by molar-refractivity contribution is -0.119. The maximum atomic E-state index is 12.4. The third kappa shape index (κ3) is 5.43. The van der Waals surface area contributed by atoms with Gasteiger partial charge < -0.3 is 14.8 Å². The van der Waals surface area contributed by atoms with Gasteiger partial charge in [-0.3, -0.25) is 4.79 Å². The van der Waals surface area contributed by atoms with E-state index in [2.05, 4.69) is 10.0 Å². The third-order valence-corrected chi connectivity index (χ3v) is 8.03. The first-order valence-corrected chi connectivity index (χ1v) is 13.0. The number of amides is 1. The maximum Gasteiger partial charge on any atom is 0.341 e. The molecule has 1 amide bonds. The molecule has 2 N–H and O–H groups in total. The van der Waals surface area contributed by atoms with Crippen molar-refractivity contribution < 1.29 is 32.3 Å². The molecule has 0 radical (unpaired) electrons. The highest BCUT2D eigenvalue weighted by Gasteiger charge is 2.29. The van der Waals surface area contributed by atoms with Crippen LogP contribution in [0.15, 0.2) is 29.2 Å². The van der Waals surface area contributed by atoms with Gasteiger partial charge in [0.2, 0.25) is 10.0 Å². The monoisotopic (exact) mass is 492 g/mol. The van der Waals surface area contributed by atoms with Crippen molar-refractivity contribution in [2.24, 2.45) is 0 Å². The van der Waals surface area contributed by atoms with E-state index in [4.69, 9.17) is 9.47 Å². The molecule has 2 aliphatic rings. The number of sulfonamides is 1. The van der Waals surface area contributed by atoms with Gasteiger partial charge in [0.05, 0.1) is 22.6 Å². The van der Waals surface area contributed by atoms with E-state index in [0.29, 0.717) is 10.6 Å². The zero-order chi connectivity index (χ0) is 23.6. The number of esters is 2. The molecule has 0 spiro atoms. The molecule has 1 saturated carbocycles. The van der Waals surface area contributed by atoms with E-state index in [-0.39, 0.29) is 23.1 Å². The Kier molecular flexibility index (Phi) is 6.82. The summed E-state index contributed by atoms with van der Waals surface area (Å²) in [6.45, 7) is 1.39. The Labute approximate surface area is 195 Å². The summed E-state index contributed by atoms with van der Waals surface area (Å²) in [5.41, 5.74) is 1.41. The Hall–Kier alpha value is -2.76. The van der Waals surface area contributed by atoms with Crippen LogP contribution in [0.1, 0.15) is 57.3 Å². The number of hydrogen-bond donors (Lipinski definition) is 2. The van der Waals surface area contributed by atoms with Crippen LogP contribution < -0.4 is 10.0 Å². The Balaban J connectivity index is 1.35. The Morgan fingerprint density at radius 2 is 1.79 bits per heavy atom. The smallest absolute Gasteiger partial charge is 0.341 e. The van der Waals surface area contributed by atoms with Gasteiger partial charge in [-0.2, -0.15) is 0 Å². The summed E-state index contributed by atoms with van der Waals surface area (Å²) in [6, 6.07) is 5.29. The highest BCUT2D eigenvalue weighted by Crippen LogP contribution is 2.39. The van der Waals surface area contributed by atoms with Gasteiger partial charge in [0, 0.05) is 10.9 Å². The first kappa shape index (κ1) is 23.4. The molecule has 0 saturated heterocycles. The van der Waals surface area contributed by atoms with Crippen LogP contribution >= 0.6 is 11.3 Å². The standard InChI is InChI=1S/C22H24N2O7S2/c1-2-30-22(27)19-16-4-3-5-17(16)32-20(19)23-18(25)12-31-21(26)13-6-10-15(11-7-13)33(28,29)24-14-8-9-14/h6-7,10-11,14,24H,2-5,8-9,12H2,1H3,(H,23,25). The molecule has 33 heavy (non-hydrogen) atoms. The second-order valence-electron chi connectivity index (χ2n) is 7.83. The molecule has 1 heterocycles. The zero-order valence-electron chi connectivity index (χ0n) is 18.0. The molecule has 176 valence electrons. The van der Waals surface area contributed by atoms with Crippen LogP contribution in [-0.4, -0.2) is 45.5 Å². The summed E-state index contributed by atoms with van der Waals surface area (Å²) in [6.07, 6.45) is 4.20. The minimum absolute atomic E-state index is 0.0213. The quantitative estimate of drug-likeness (QED) is 0.515. The van der Waals surface area contributed by atoms with E-state index >= 15 is 0 Å². The Bertz CT molecular complexity index is 1180. The second kappa shape index (κ2) is 9.62. The molecule has 1 fully saturated rings. The number of rotatable bonds is 9. The van der Waals surface area contributed by atoms with Crippen molar-refractivity contribution in [3.05, 3.63) is 45.8 Å². The lowest BCUT2D eigenvalue weighted by atomic mass is 10.1. The summed E-state index contributed by atoms with van der Waals surface area (Å²) in [5.74, 6) is -1.82. The van der Waals surface area contributed by atoms with Crippen LogP contribution in [0.5, 0.6) is 0 Å². The van der Waals surface area contributed by atoms with Crippen molar-refractivity contribution in [2.75, 3.05) is 18.5 Å². The third-order valence-electron chi connectivity index (χ3n) is 5.29. The summed E-state index contributed by atoms with van der Waals surface area (Å²) in [4.78, 5) is 38.2. The number of carbonyl (C=O) groups excluding carboxylic acids is 3. The van der Waals surface area contributed by atoms with Gasteiger partial charge in [-0.05, 0) is 68.9 Å². The zero-order valence-corrected chi connectivity index (χ0v) is 19.6. The number of nitrogens with one attached hydrogen (secondary N) is 2. The van der Waals surface area contributed by atoms with Gasteiger partial charge in [-0.15, -0.1) is 11.3 Å². The SMILES string of the molecule is CCOC(=O)c1c(NC(=O)COC(=O)c2ccc(S(=O)(=O)NC3CC3)cc2)sc2c1CCC2. The summed E-state index contributed by atoms with van der Waals surface area (Å²) < 4.78 is 37.2. The average molecular weight is 493 g/mol. The molecule has 1 aromatic carbocycles. The number of benzene rings is 1. The molecule has 0 unspecified atom stereocenters. The predicted octanol–water partition coefficient (Wildman–Crippen LogP) is 2.65. The minimum Gasteiger partial charge on any atom is -0.462 e. The van der Waals surface area contributed by atoms with Gasteiger partial charge in [0.25, 0.3) is 5.91 Å². The number of fused-ring (bicyclic) bond motifs is 1. The van der Waals surface area contributed by atoms with Gasteiger partial charge in [-0.25, -0.2) is 22.7 Å². The van der Waals surface area contributed by atoms with Gasteiger partial charge in [0.15, 0.2) is 6.61 Å². The molecular weight excluding hydrogens is 468 g/mol. The Morgan fingerprint density at radius 3 is 2.45 bits per heavy atom. The summed E-state index contributed by atoms with van der Waals surface area (Å²) >= 11 is 1.34. The van der Waals surface area contributed by atoms with Crippen LogP contribution in [0, 0.1) is 0 Å². The van der Waals surface area contributed by atoms with E-state index in [1.807, 2.05) is 0 Å². The van der Waals surface area contributed by atoms with Crippen LogP contribution in [0.4, 0.5) is 5.00 Å². The molecule has 0 bridgehead atoms. The number of carbonyl (C=O) groups is 3. The number of ether oxygens (including phenoxy) is 2. The van der Waals surface area contributed by atoms with Crippen LogP contribution in [0.2, 0.25) is 0 Å². The highest BCUT2D eigenvalue weighted by molar-refractivity contribution is 7.89. The van der Waals surface area contributed by atoms with Crippen molar-refractivity contribution in [2.45, 2.75) is 50.0 Å². The van der Waals surface area contributed by atoms with Crippen molar-refractivity contribution >= 4 is 44.2 Å². The van der Waals surface area contributed by atoms with Crippen molar-refractivity contribution in [1.82, 2.24) is 4.72 Å². The Morgan fingerprint density at radius 1 is 1.06 bits per heavy atom. The number of anilines is 1. The molecule has 0 atom stereocenters. The molecule has 11 heteroatoms. The van der Waals surface area contributed by atoms with E-state index in [0.717, 1.165) is 42.5 Å². The molecule has 2 aliphatic carbocycles. The minimum atomic E-state index is -3.62. The fraction of sp³-hybridized carbons (Fsp3) is 0.409. The van der Waals surface area contributed by atoms with Crippen molar-refractivity contribution in [3.8, 4) is 0 Å². The lowest BCUT2D eigenvalue weighted by Crippen LogP contribution is -2.25. The van der Waals surface area contributed by atoms with E-state index in [1.54, 1.807) is 6.92 Å². The fourth-order valence-electron chi connectivity index (χ4n) is 3.55. The summed E-state index contributed by atoms with van der Waals surface area (Å²) in [7, 11) is -3.62. The largest absolute Gasteiger partial charge is 0.462 e. The topological polar surface area (TPSA) is 128 Å². The summed E-state index contributed by atoms with van der Waals surface area (Å²) in [5, 5.41) is 3.05. The van der Waals surface area contributed by atoms with Crippen LogP contribution in [-0.2, 0) is 37.1 Å². The van der Waals surface area contributed by atoms with E-state index in [1.165, 1.54) is 35.6 Å². The number of thiophene rings is 1. The predicted molar refractivity (Wildman–Crippen MR) is 121 cm³/mol. The lowest BCUT2D eigenvalue weighted by Gasteiger charge is -2.09. The van der Waals surface area contributed by atoms with Crippen molar-refractivity contribution in [1.29, 1.82) is 0 Å². The van der Waals surface area contributed by atoms with Crippen LogP contribution in [0.25, 0.3) is 0 Å². The second-order valence-corrected chi connectivity index (χ2v) is 10.6. The van der Waals surface area contributed by atoms with Crippen molar-refractivity contribution in [3.63, 3.8) is 0 Å². The van der Waals surface area contributed by atoms with E-state index in [9.17, 15) is 22.8 Å². The molecule has 2 aromatic rings. The molecule has 0 aliphatic heterocycles. The highest BCUT2D eigenvalue weighted by atomic mass is 32.2. The molecule has 9 nitrogen and oxygen atoms in total. The van der Waals surface area contributed by atoms with Gasteiger partial charge >= 0.3 is 11.9 Å². The molecular formula is C22H24N2O7S2. The molecule has 1 aromatic heterocycles. The normalized spacial score (nSPS) is 15.1. The van der Waals surface area contributed by atoms with Gasteiger partial charge in [-0.1, -0.05) is 0 Å². The average Bonchev–Trinajstić information content (AvgIpc) is 3.35. The fourth-order valence-corrected chi connectivity index (χ4v) is 6.15.